The predicted octanol–water partition coefficient (Wildman–Crippen LogP) is 6.61. The van der Waals surface area contributed by atoms with Crippen LogP contribution in [0, 0.1) is 34.6 Å². The van der Waals surface area contributed by atoms with E-state index in [4.69, 9.17) is 25.5 Å². The van der Waals surface area contributed by atoms with Gasteiger partial charge in [0.1, 0.15) is 45.9 Å². The van der Waals surface area contributed by atoms with Gasteiger partial charge in [0.2, 0.25) is 0 Å². The molecule has 2 aromatic carbocycles. The van der Waals surface area contributed by atoms with Gasteiger partial charge in [-0.2, -0.15) is 0 Å². The fourth-order valence-electron chi connectivity index (χ4n) is 4.15. The molecule has 0 amide bonds. The van der Waals surface area contributed by atoms with Gasteiger partial charge in [-0.3, -0.25) is 4.79 Å². The average molecular weight is 585 g/mol. The van der Waals surface area contributed by atoms with Crippen molar-refractivity contribution in [1.82, 2.24) is 0 Å². The molecule has 0 bridgehead atoms. The number of ketones is 1. The van der Waals surface area contributed by atoms with Gasteiger partial charge in [-0.1, -0.05) is 0 Å². The van der Waals surface area contributed by atoms with E-state index in [-0.39, 0.29) is 22.7 Å². The monoisotopic (exact) mass is 584 g/mol. The van der Waals surface area contributed by atoms with Crippen molar-refractivity contribution in [1.29, 1.82) is 0 Å². The number of aromatic hydroxyl groups is 1. The van der Waals surface area contributed by atoms with E-state index >= 15 is 0 Å². The standard InChI is InChI=1S/C16H18O4.C13H13ClO3.C3H6O/c1-5-19-12-6-9(2)14(10(3)7-12)15-13(17)8-11(4)20-16(15)18;1-4-17-10-5-8(2)12(9(3)6-10)11(7-15)13(14)16;1-3(2)4/h6-8,17H,5H2,1-4H3;5-6H,4H2,1-3H3;1-2H3. The lowest BCUT2D eigenvalue weighted by atomic mass is 9.96. The van der Waals surface area contributed by atoms with Crippen molar-refractivity contribution in [2.45, 2.75) is 62.3 Å². The minimum absolute atomic E-state index is 0.0610. The summed E-state index contributed by atoms with van der Waals surface area (Å²) in [6, 6.07) is 8.69. The van der Waals surface area contributed by atoms with E-state index in [1.165, 1.54) is 19.9 Å². The van der Waals surface area contributed by atoms with Crippen molar-refractivity contribution in [3.63, 3.8) is 0 Å². The average Bonchev–Trinajstić information content (AvgIpc) is 2.82. The molecule has 0 atom stereocenters. The highest BCUT2D eigenvalue weighted by Crippen LogP contribution is 2.34. The summed E-state index contributed by atoms with van der Waals surface area (Å²) in [5.74, 6) is 3.55. The number of hydrogen-bond donors (Lipinski definition) is 1. The summed E-state index contributed by atoms with van der Waals surface area (Å²) in [6.45, 7) is 17.0. The van der Waals surface area contributed by atoms with E-state index in [0.717, 1.165) is 28.0 Å². The molecule has 0 aliphatic carbocycles. The van der Waals surface area contributed by atoms with Crippen molar-refractivity contribution in [3.8, 4) is 28.4 Å². The van der Waals surface area contributed by atoms with Gasteiger partial charge >= 0.3 is 5.63 Å². The largest absolute Gasteiger partial charge is 0.507 e. The molecule has 0 radical (unpaired) electrons. The van der Waals surface area contributed by atoms with Crippen LogP contribution in [-0.2, 0) is 14.4 Å². The van der Waals surface area contributed by atoms with Gasteiger partial charge < -0.3 is 23.8 Å². The Morgan fingerprint density at radius 3 is 1.59 bits per heavy atom. The molecule has 41 heavy (non-hydrogen) atoms. The van der Waals surface area contributed by atoms with Gasteiger partial charge in [0, 0.05) is 11.6 Å². The maximum absolute atomic E-state index is 12.0. The second-order valence-electron chi connectivity index (χ2n) is 9.29. The number of hydrogen-bond acceptors (Lipinski definition) is 8. The Kier molecular flexibility index (Phi) is 13.8. The van der Waals surface area contributed by atoms with E-state index in [1.54, 1.807) is 38.8 Å². The normalized spacial score (nSPS) is 9.80. The third-order valence-corrected chi connectivity index (χ3v) is 5.68. The van der Waals surface area contributed by atoms with Crippen LogP contribution in [0.5, 0.6) is 17.2 Å². The van der Waals surface area contributed by atoms with Gasteiger partial charge in [0.15, 0.2) is 0 Å². The lowest BCUT2D eigenvalue weighted by Gasteiger charge is -2.13. The minimum atomic E-state index is -0.796. The fourth-order valence-corrected chi connectivity index (χ4v) is 4.28. The van der Waals surface area contributed by atoms with Crippen LogP contribution in [0.4, 0.5) is 0 Å². The summed E-state index contributed by atoms with van der Waals surface area (Å²) in [6.07, 6.45) is 0. The molecule has 0 fully saturated rings. The number of carbonyl (C=O) groups excluding carboxylic acids is 3. The number of carbonyl (C=O) groups is 2. The van der Waals surface area contributed by atoms with Gasteiger partial charge in [0.25, 0.3) is 5.24 Å². The molecule has 0 aliphatic heterocycles. The maximum atomic E-state index is 12.0. The summed E-state index contributed by atoms with van der Waals surface area (Å²) in [7, 11) is 0. The first-order valence-electron chi connectivity index (χ1n) is 12.9. The van der Waals surface area contributed by atoms with Crippen molar-refractivity contribution in [3.05, 3.63) is 74.3 Å². The molecule has 0 saturated carbocycles. The lowest BCUT2D eigenvalue weighted by Crippen LogP contribution is -2.06. The Hall–Kier alpha value is -4.13. The molecule has 3 rings (SSSR count). The first-order chi connectivity index (χ1) is 19.2. The number of rotatable bonds is 7. The highest BCUT2D eigenvalue weighted by molar-refractivity contribution is 6.75. The number of aryl methyl sites for hydroxylation is 5. The molecule has 220 valence electrons. The molecule has 0 spiro atoms. The zero-order valence-corrected chi connectivity index (χ0v) is 25.7. The van der Waals surface area contributed by atoms with Gasteiger partial charge in [-0.05, 0) is 126 Å². The molecule has 1 aromatic heterocycles. The highest BCUT2D eigenvalue weighted by Gasteiger charge is 2.18. The summed E-state index contributed by atoms with van der Waals surface area (Å²) >= 11 is 5.35. The van der Waals surface area contributed by atoms with Crippen molar-refractivity contribution in [2.24, 2.45) is 0 Å². The van der Waals surface area contributed by atoms with Crippen LogP contribution < -0.4 is 15.1 Å². The molecule has 1 N–H and O–H groups in total. The Morgan fingerprint density at radius 1 is 0.829 bits per heavy atom. The lowest BCUT2D eigenvalue weighted by molar-refractivity contribution is -0.115. The van der Waals surface area contributed by atoms with Crippen LogP contribution in [0.25, 0.3) is 16.7 Å². The molecule has 0 aliphatic rings. The van der Waals surface area contributed by atoms with Crippen LogP contribution >= 0.6 is 11.6 Å². The second-order valence-corrected chi connectivity index (χ2v) is 9.64. The first-order valence-corrected chi connectivity index (χ1v) is 13.3. The van der Waals surface area contributed by atoms with E-state index in [1.807, 2.05) is 39.8 Å². The van der Waals surface area contributed by atoms with Gasteiger partial charge in [0.05, 0.1) is 13.2 Å². The quantitative estimate of drug-likeness (QED) is 0.187. The smallest absolute Gasteiger partial charge is 0.347 e. The topological polar surface area (TPSA) is 120 Å². The molecule has 0 unspecified atom stereocenters. The Balaban J connectivity index is 0.000000367. The first kappa shape index (κ1) is 34.9. The van der Waals surface area contributed by atoms with Gasteiger partial charge in [-0.25, -0.2) is 9.59 Å². The Labute approximate surface area is 245 Å². The summed E-state index contributed by atoms with van der Waals surface area (Å²) in [4.78, 5) is 43.4. The van der Waals surface area contributed by atoms with Crippen LogP contribution in [-0.4, -0.2) is 35.3 Å². The van der Waals surface area contributed by atoms with Crippen molar-refractivity contribution >= 4 is 34.1 Å². The number of benzene rings is 2. The number of ether oxygens (including phenoxy) is 2. The maximum Gasteiger partial charge on any atom is 0.347 e. The van der Waals surface area contributed by atoms with Crippen LogP contribution in [0.3, 0.4) is 0 Å². The van der Waals surface area contributed by atoms with Crippen LogP contribution in [0.2, 0.25) is 0 Å². The second kappa shape index (κ2) is 16.2. The third-order valence-electron chi connectivity index (χ3n) is 5.49. The molecule has 8 nitrogen and oxygen atoms in total. The summed E-state index contributed by atoms with van der Waals surface area (Å²) in [5, 5.41) is 9.26. The molecule has 3 aromatic rings. The fraction of sp³-hybridized carbons (Fsp3) is 0.344. The zero-order valence-electron chi connectivity index (χ0n) is 25.0. The number of Topliss-reactive ketones (excluding diaryl/α,β-unsaturated/α-hetero) is 1. The van der Waals surface area contributed by atoms with E-state index in [0.29, 0.717) is 35.9 Å². The third kappa shape index (κ3) is 10.1. The molecule has 0 saturated heterocycles. The Bertz CT molecular complexity index is 1460. The molecule has 9 heteroatoms. The van der Waals surface area contributed by atoms with Crippen molar-refractivity contribution < 1.29 is 33.4 Å². The molecular weight excluding hydrogens is 548 g/mol. The summed E-state index contributed by atoms with van der Waals surface area (Å²) in [5.41, 5.74) is 4.01. The van der Waals surface area contributed by atoms with Crippen molar-refractivity contribution in [2.75, 3.05) is 13.2 Å². The van der Waals surface area contributed by atoms with Crippen LogP contribution in [0.15, 0.2) is 39.5 Å². The Morgan fingerprint density at radius 2 is 1.24 bits per heavy atom. The zero-order chi connectivity index (χ0) is 31.4. The van der Waals surface area contributed by atoms with Gasteiger partial charge in [-0.15, -0.1) is 0 Å². The van der Waals surface area contributed by atoms with Crippen LogP contribution in [0.1, 0.15) is 61.3 Å². The van der Waals surface area contributed by atoms with E-state index < -0.39 is 10.9 Å². The summed E-state index contributed by atoms with van der Waals surface area (Å²) < 4.78 is 15.9. The minimum Gasteiger partial charge on any atom is -0.507 e. The van der Waals surface area contributed by atoms with E-state index in [9.17, 15) is 24.3 Å². The molecular formula is C32H37ClO8. The SMILES string of the molecule is CC(C)=O.CCOc1cc(C)c(-c2c(O)cc(C)oc2=O)c(C)c1.CCOc1cc(C)c(C(=C=O)C(=O)Cl)c(C)c1. The molecule has 1 heterocycles. The number of halogens is 1. The number of allylic oxidation sites excluding steroid dienone is 1. The van der Waals surface area contributed by atoms with E-state index in [2.05, 4.69) is 0 Å². The predicted molar refractivity (Wildman–Crippen MR) is 161 cm³/mol. The highest BCUT2D eigenvalue weighted by atomic mass is 35.5.